The number of halogens is 2. The molecule has 0 saturated carbocycles. The van der Waals surface area contributed by atoms with Gasteiger partial charge in [-0.25, -0.2) is 9.37 Å². The van der Waals surface area contributed by atoms with Gasteiger partial charge < -0.3 is 15.6 Å². The fourth-order valence-electron chi connectivity index (χ4n) is 4.85. The Morgan fingerprint density at radius 2 is 1.95 bits per heavy atom. The summed E-state index contributed by atoms with van der Waals surface area (Å²) in [7, 11) is 0. The zero-order valence-corrected chi connectivity index (χ0v) is 23.6. The van der Waals surface area contributed by atoms with Gasteiger partial charge in [-0.05, 0) is 24.3 Å². The number of imidazole rings is 1. The fourth-order valence-corrected chi connectivity index (χ4v) is 5.58. The summed E-state index contributed by atoms with van der Waals surface area (Å²) in [6, 6.07) is 6.34. The van der Waals surface area contributed by atoms with Gasteiger partial charge >= 0.3 is 0 Å². The minimum Gasteiger partial charge on any atom is -0.373 e. The smallest absolute Gasteiger partial charge is 0.229 e. The molecule has 1 unspecified atom stereocenters. The monoisotopic (exact) mass is 582 g/mol. The number of hydrogen-bond acceptors (Lipinski definition) is 8. The van der Waals surface area contributed by atoms with E-state index in [0.29, 0.717) is 55.4 Å². The molecular weight excluding hydrogens is 558 g/mol. The Morgan fingerprint density at radius 1 is 1.10 bits per heavy atom. The molecule has 1 saturated heterocycles. The average molecular weight is 583 g/mol. The predicted octanol–water partition coefficient (Wildman–Crippen LogP) is 5.72. The van der Waals surface area contributed by atoms with E-state index >= 15 is 4.39 Å². The zero-order chi connectivity index (χ0) is 29.2. The SMILES string of the molecule is CC(C)(C)C(=O)Nc1cncc(-c2ncc3c(c2F)C(c2nc4c(-c5ccc(F)s5)nccc4[nH]2)=C2NC2C=NC3)c1. The molecule has 0 bridgehead atoms. The summed E-state index contributed by atoms with van der Waals surface area (Å²) in [5.74, 6) is -0.300. The molecule has 0 spiro atoms. The Bertz CT molecular complexity index is 1970. The van der Waals surface area contributed by atoms with Crippen LogP contribution in [0.1, 0.15) is 37.7 Å². The van der Waals surface area contributed by atoms with Crippen LogP contribution in [0, 0.1) is 16.4 Å². The molecule has 7 rings (SSSR count). The van der Waals surface area contributed by atoms with E-state index in [4.69, 9.17) is 4.98 Å². The Hall–Kier alpha value is -4.84. The molecule has 9 nitrogen and oxygen atoms in total. The zero-order valence-electron chi connectivity index (χ0n) is 22.8. The predicted molar refractivity (Wildman–Crippen MR) is 158 cm³/mol. The number of aromatic nitrogens is 5. The van der Waals surface area contributed by atoms with Gasteiger partial charge in [-0.2, -0.15) is 4.39 Å². The van der Waals surface area contributed by atoms with Gasteiger partial charge in [-0.1, -0.05) is 20.8 Å². The number of aliphatic imine (C=N–C) groups is 1. The fraction of sp³-hybridized carbons (Fsp3) is 0.200. The lowest BCUT2D eigenvalue weighted by atomic mass is 9.95. The van der Waals surface area contributed by atoms with E-state index in [-0.39, 0.29) is 29.3 Å². The molecular formula is C30H24F2N8OS. The summed E-state index contributed by atoms with van der Waals surface area (Å²) in [6.45, 7) is 5.66. The van der Waals surface area contributed by atoms with Gasteiger partial charge in [0.05, 0.1) is 34.5 Å². The van der Waals surface area contributed by atoms with Crippen LogP contribution in [0.3, 0.4) is 0 Å². The lowest BCUT2D eigenvalue weighted by Crippen LogP contribution is -2.27. The maximum Gasteiger partial charge on any atom is 0.229 e. The summed E-state index contributed by atoms with van der Waals surface area (Å²) in [4.78, 5) is 39.0. The lowest BCUT2D eigenvalue weighted by molar-refractivity contribution is -0.123. The molecule has 1 amide bonds. The molecule has 3 N–H and O–H groups in total. The van der Waals surface area contributed by atoms with Gasteiger partial charge in [0.15, 0.2) is 10.9 Å². The second-order valence-electron chi connectivity index (χ2n) is 11.1. The molecule has 1 fully saturated rings. The van der Waals surface area contributed by atoms with Crippen molar-refractivity contribution in [1.82, 2.24) is 30.2 Å². The van der Waals surface area contributed by atoms with E-state index in [1.807, 2.05) is 20.8 Å². The Kier molecular flexibility index (Phi) is 5.98. The first-order valence-electron chi connectivity index (χ1n) is 13.2. The van der Waals surface area contributed by atoms with Crippen molar-refractivity contribution in [1.29, 1.82) is 0 Å². The first kappa shape index (κ1) is 26.1. The maximum atomic E-state index is 16.7. The molecule has 7 heterocycles. The standard InChI is InChI=1S/C30H24F2N8OS/c1-30(2,3)29(41)37-16-8-14(9-33-12-16)24-23(32)21-15(11-36-24)10-34-13-18-25(38-18)22(21)28-39-17-6-7-35-27(26(17)40-28)19-4-5-20(31)42-19/h4-9,11-13,18,38H,10H2,1-3H3,(H,37,41)(H,39,40). The molecule has 210 valence electrons. The number of rotatable bonds is 4. The molecule has 42 heavy (non-hydrogen) atoms. The summed E-state index contributed by atoms with van der Waals surface area (Å²) >= 11 is 0.987. The minimum atomic E-state index is -0.614. The number of amides is 1. The van der Waals surface area contributed by atoms with Crippen molar-refractivity contribution in [3.8, 4) is 21.8 Å². The molecule has 12 heteroatoms. The number of hydrogen-bond donors (Lipinski definition) is 3. The van der Waals surface area contributed by atoms with Crippen molar-refractivity contribution in [3.05, 3.63) is 82.6 Å². The molecule has 0 aliphatic carbocycles. The van der Waals surface area contributed by atoms with Gasteiger partial charge in [0.1, 0.15) is 28.8 Å². The van der Waals surface area contributed by atoms with Crippen molar-refractivity contribution in [2.45, 2.75) is 33.4 Å². The Balaban J connectivity index is 1.37. The summed E-state index contributed by atoms with van der Waals surface area (Å²) in [5, 5.41) is 5.81. The van der Waals surface area contributed by atoms with Crippen LogP contribution in [0.25, 0.3) is 38.4 Å². The first-order chi connectivity index (χ1) is 20.2. The second-order valence-corrected chi connectivity index (χ2v) is 12.2. The van der Waals surface area contributed by atoms with Gasteiger partial charge in [-0.15, -0.1) is 11.3 Å². The lowest BCUT2D eigenvalue weighted by Gasteiger charge is -2.18. The molecule has 2 aliphatic heterocycles. The highest BCUT2D eigenvalue weighted by Gasteiger charge is 2.37. The highest BCUT2D eigenvalue weighted by Crippen LogP contribution is 2.40. The molecule has 0 radical (unpaired) electrons. The third kappa shape index (κ3) is 4.53. The average Bonchev–Trinajstić information content (AvgIpc) is 3.32. The van der Waals surface area contributed by atoms with E-state index < -0.39 is 11.2 Å². The van der Waals surface area contributed by atoms with E-state index in [2.05, 4.69) is 35.6 Å². The van der Waals surface area contributed by atoms with Crippen molar-refractivity contribution in [2.75, 3.05) is 5.32 Å². The third-order valence-corrected chi connectivity index (χ3v) is 7.95. The van der Waals surface area contributed by atoms with Crippen LogP contribution in [0.4, 0.5) is 14.5 Å². The molecule has 1 atom stereocenters. The number of aromatic amines is 1. The minimum absolute atomic E-state index is 0.0838. The van der Waals surface area contributed by atoms with Crippen LogP contribution < -0.4 is 10.6 Å². The molecule has 5 aromatic rings. The van der Waals surface area contributed by atoms with Crippen LogP contribution in [0.2, 0.25) is 0 Å². The number of thiophene rings is 1. The van der Waals surface area contributed by atoms with Gasteiger partial charge in [-0.3, -0.25) is 24.7 Å². The molecule has 0 aromatic carbocycles. The number of anilines is 1. The molecule has 5 aromatic heterocycles. The van der Waals surface area contributed by atoms with Crippen molar-refractivity contribution in [2.24, 2.45) is 10.4 Å². The number of pyridine rings is 3. The van der Waals surface area contributed by atoms with Gasteiger partial charge in [0, 0.05) is 52.5 Å². The second kappa shape index (κ2) is 9.62. The van der Waals surface area contributed by atoms with E-state index in [1.165, 1.54) is 18.5 Å². The van der Waals surface area contributed by atoms with E-state index in [9.17, 15) is 9.18 Å². The number of carbonyl (C=O) groups is 1. The van der Waals surface area contributed by atoms with Gasteiger partial charge in [0.2, 0.25) is 5.91 Å². The van der Waals surface area contributed by atoms with E-state index in [1.54, 1.807) is 36.8 Å². The van der Waals surface area contributed by atoms with Crippen LogP contribution in [-0.4, -0.2) is 43.1 Å². The topological polar surface area (TPSA) is 131 Å². The van der Waals surface area contributed by atoms with Crippen LogP contribution in [-0.2, 0) is 11.3 Å². The highest BCUT2D eigenvalue weighted by atomic mass is 32.1. The first-order valence-corrected chi connectivity index (χ1v) is 14.0. The van der Waals surface area contributed by atoms with E-state index in [0.717, 1.165) is 17.0 Å². The van der Waals surface area contributed by atoms with Crippen molar-refractivity contribution < 1.29 is 13.6 Å². The number of H-pyrrole nitrogens is 1. The number of nitrogens with zero attached hydrogens (tertiary/aromatic N) is 5. The van der Waals surface area contributed by atoms with Crippen LogP contribution >= 0.6 is 11.3 Å². The van der Waals surface area contributed by atoms with Crippen molar-refractivity contribution in [3.63, 3.8) is 0 Å². The molecule has 2 aliphatic rings. The largest absolute Gasteiger partial charge is 0.373 e. The summed E-state index contributed by atoms with van der Waals surface area (Å²) in [6.07, 6.45) is 8.06. The Labute approximate surface area is 242 Å². The van der Waals surface area contributed by atoms with Crippen LogP contribution in [0.5, 0.6) is 0 Å². The van der Waals surface area contributed by atoms with Crippen molar-refractivity contribution >= 4 is 45.8 Å². The van der Waals surface area contributed by atoms with Gasteiger partial charge in [0.25, 0.3) is 0 Å². The third-order valence-electron chi connectivity index (χ3n) is 7.07. The normalized spacial score (nSPS) is 16.0. The summed E-state index contributed by atoms with van der Waals surface area (Å²) in [5.41, 5.74) is 4.35. The highest BCUT2D eigenvalue weighted by molar-refractivity contribution is 7.13. The van der Waals surface area contributed by atoms with Crippen LogP contribution in [0.15, 0.2) is 59.7 Å². The number of carbonyl (C=O) groups excluding carboxylic acids is 1. The quantitative estimate of drug-likeness (QED) is 0.232. The summed E-state index contributed by atoms with van der Waals surface area (Å²) < 4.78 is 30.5. The number of nitrogens with one attached hydrogen (secondary N) is 3. The Morgan fingerprint density at radius 3 is 2.74 bits per heavy atom. The maximum absolute atomic E-state index is 16.7. The number of fused-ring (bicyclic) bond motifs is 3.